The molecule has 4 rings (SSSR count). The van der Waals surface area contributed by atoms with Crippen LogP contribution < -0.4 is 10.1 Å². The molecular weight excluding hydrogens is 502 g/mol. The van der Waals surface area contributed by atoms with Crippen molar-refractivity contribution in [2.75, 3.05) is 6.61 Å². The van der Waals surface area contributed by atoms with Gasteiger partial charge in [-0.3, -0.25) is 4.79 Å². The van der Waals surface area contributed by atoms with Crippen LogP contribution in [0.15, 0.2) is 85.2 Å². The molecule has 206 valence electrons. The summed E-state index contributed by atoms with van der Waals surface area (Å²) in [7, 11) is 0. The minimum Gasteiger partial charge on any atom is -0.494 e. The molecule has 0 radical (unpaired) electrons. The van der Waals surface area contributed by atoms with Crippen molar-refractivity contribution in [3.05, 3.63) is 102 Å². The molecule has 2 N–H and O–H groups in total. The smallest absolute Gasteiger partial charge is 0.326 e. The van der Waals surface area contributed by atoms with E-state index < -0.39 is 17.9 Å². The van der Waals surface area contributed by atoms with Crippen LogP contribution in [0.2, 0.25) is 0 Å². The predicted octanol–water partition coefficient (Wildman–Crippen LogP) is 6.32. The number of hydrogen-bond acceptors (Lipinski definition) is 5. The summed E-state index contributed by atoms with van der Waals surface area (Å²) in [5, 5.41) is 12.4. The number of benzene rings is 3. The summed E-state index contributed by atoms with van der Waals surface area (Å²) in [6.07, 6.45) is 4.67. The molecule has 1 heterocycles. The molecule has 1 amide bonds. The van der Waals surface area contributed by atoms with Crippen molar-refractivity contribution < 1.29 is 19.4 Å². The second kappa shape index (κ2) is 12.6. The van der Waals surface area contributed by atoms with Crippen LogP contribution in [0.25, 0.3) is 22.5 Å². The maximum atomic E-state index is 12.7. The fraction of sp³-hybridized carbons (Fsp3) is 0.273. The normalized spacial score (nSPS) is 12.0. The van der Waals surface area contributed by atoms with Gasteiger partial charge in [0.25, 0.3) is 5.91 Å². The van der Waals surface area contributed by atoms with Crippen molar-refractivity contribution in [1.82, 2.24) is 15.3 Å². The van der Waals surface area contributed by atoms with Crippen LogP contribution in [0.4, 0.5) is 0 Å². The van der Waals surface area contributed by atoms with Crippen molar-refractivity contribution >= 4 is 11.9 Å². The molecule has 0 spiro atoms. The number of ether oxygens (including phenoxy) is 1. The quantitative estimate of drug-likeness (QED) is 0.245. The van der Waals surface area contributed by atoms with Crippen LogP contribution in [-0.2, 0) is 16.6 Å². The van der Waals surface area contributed by atoms with Crippen molar-refractivity contribution in [3.63, 3.8) is 0 Å². The van der Waals surface area contributed by atoms with E-state index in [-0.39, 0.29) is 11.8 Å². The molecule has 0 bridgehead atoms. The lowest BCUT2D eigenvalue weighted by molar-refractivity contribution is -0.139. The number of rotatable bonds is 10. The zero-order valence-electron chi connectivity index (χ0n) is 23.3. The Bertz CT molecular complexity index is 1420. The molecular formula is C33H35N3O4. The third kappa shape index (κ3) is 7.32. The Morgan fingerprint density at radius 2 is 1.45 bits per heavy atom. The maximum Gasteiger partial charge on any atom is 0.326 e. The van der Waals surface area contributed by atoms with Gasteiger partial charge >= 0.3 is 5.97 Å². The molecule has 4 aromatic rings. The summed E-state index contributed by atoms with van der Waals surface area (Å²) in [5.41, 5.74) is 4.98. The van der Waals surface area contributed by atoms with Gasteiger partial charge in [0.15, 0.2) is 5.82 Å². The van der Waals surface area contributed by atoms with E-state index in [1.54, 1.807) is 24.5 Å². The molecule has 1 atom stereocenters. The van der Waals surface area contributed by atoms with Gasteiger partial charge in [-0.2, -0.15) is 0 Å². The number of carboxylic acids is 1. The van der Waals surface area contributed by atoms with Gasteiger partial charge in [-0.05, 0) is 52.8 Å². The standard InChI is InChI=1S/C33H35N3O4/c1-5-18-40-28-16-12-23(13-17-28)26-20-34-30(35-21-26)24-8-6-22(7-9-24)19-29(32(38)39)36-31(37)25-10-14-27(15-11-25)33(2,3)4/h6-17,20-21,29H,5,18-19H2,1-4H3,(H,36,37)(H,38,39). The van der Waals surface area contributed by atoms with Crippen LogP contribution in [0, 0.1) is 0 Å². The van der Waals surface area contributed by atoms with E-state index in [1.165, 1.54) is 0 Å². The first-order valence-electron chi connectivity index (χ1n) is 13.4. The van der Waals surface area contributed by atoms with Crippen molar-refractivity contribution in [3.8, 4) is 28.3 Å². The van der Waals surface area contributed by atoms with Gasteiger partial charge in [0.2, 0.25) is 0 Å². The Morgan fingerprint density at radius 1 is 0.850 bits per heavy atom. The second-order valence-electron chi connectivity index (χ2n) is 10.8. The molecule has 0 fully saturated rings. The number of aliphatic carboxylic acids is 1. The van der Waals surface area contributed by atoms with Crippen molar-refractivity contribution in [2.45, 2.75) is 52.0 Å². The van der Waals surface area contributed by atoms with Crippen LogP contribution in [0.3, 0.4) is 0 Å². The summed E-state index contributed by atoms with van der Waals surface area (Å²) >= 11 is 0. The van der Waals surface area contributed by atoms with Crippen LogP contribution >= 0.6 is 0 Å². The number of carboxylic acid groups (broad SMARTS) is 1. The fourth-order valence-electron chi connectivity index (χ4n) is 4.18. The predicted molar refractivity (Wildman–Crippen MR) is 156 cm³/mol. The highest BCUT2D eigenvalue weighted by Gasteiger charge is 2.22. The Hall–Kier alpha value is -4.52. The highest BCUT2D eigenvalue weighted by molar-refractivity contribution is 5.96. The first-order valence-corrected chi connectivity index (χ1v) is 13.4. The lowest BCUT2D eigenvalue weighted by atomic mass is 9.86. The summed E-state index contributed by atoms with van der Waals surface area (Å²) in [6.45, 7) is 9.05. The van der Waals surface area contributed by atoms with Crippen molar-refractivity contribution in [1.29, 1.82) is 0 Å². The molecule has 7 heteroatoms. The summed E-state index contributed by atoms with van der Waals surface area (Å²) < 4.78 is 5.64. The average Bonchev–Trinajstić information content (AvgIpc) is 2.96. The van der Waals surface area contributed by atoms with E-state index in [0.717, 1.165) is 40.0 Å². The SMILES string of the molecule is CCCOc1ccc(-c2cnc(-c3ccc(CC(NC(=O)c4ccc(C(C)(C)C)cc4)C(=O)O)cc3)nc2)cc1. The van der Waals surface area contributed by atoms with Crippen molar-refractivity contribution in [2.24, 2.45) is 0 Å². The van der Waals surface area contributed by atoms with E-state index in [1.807, 2.05) is 60.7 Å². The summed E-state index contributed by atoms with van der Waals surface area (Å²) in [5.74, 6) is -0.101. The number of nitrogens with zero attached hydrogens (tertiary/aromatic N) is 2. The lowest BCUT2D eigenvalue weighted by Crippen LogP contribution is -2.42. The molecule has 7 nitrogen and oxygen atoms in total. The molecule has 0 aliphatic heterocycles. The fourth-order valence-corrected chi connectivity index (χ4v) is 4.18. The largest absolute Gasteiger partial charge is 0.494 e. The first-order chi connectivity index (χ1) is 19.1. The van der Waals surface area contributed by atoms with Gasteiger partial charge in [0, 0.05) is 35.5 Å². The number of carbonyl (C=O) groups excluding carboxylic acids is 1. The molecule has 0 aliphatic rings. The lowest BCUT2D eigenvalue weighted by Gasteiger charge is -2.19. The van der Waals surface area contributed by atoms with E-state index in [2.05, 4.69) is 43.0 Å². The average molecular weight is 538 g/mol. The van der Waals surface area contributed by atoms with E-state index >= 15 is 0 Å². The molecule has 0 aliphatic carbocycles. The van der Waals surface area contributed by atoms with E-state index in [0.29, 0.717) is 18.0 Å². The monoisotopic (exact) mass is 537 g/mol. The molecule has 40 heavy (non-hydrogen) atoms. The van der Waals surface area contributed by atoms with Gasteiger partial charge in [-0.25, -0.2) is 14.8 Å². The van der Waals surface area contributed by atoms with Crippen LogP contribution in [0.1, 0.15) is 55.6 Å². The summed E-state index contributed by atoms with van der Waals surface area (Å²) in [4.78, 5) is 33.7. The maximum absolute atomic E-state index is 12.7. The Kier molecular flexibility index (Phi) is 8.94. The Morgan fingerprint density at radius 3 is 2.00 bits per heavy atom. The molecule has 1 aromatic heterocycles. The number of nitrogens with one attached hydrogen (secondary N) is 1. The van der Waals surface area contributed by atoms with E-state index in [9.17, 15) is 14.7 Å². The highest BCUT2D eigenvalue weighted by Crippen LogP contribution is 2.24. The van der Waals surface area contributed by atoms with Gasteiger partial charge in [-0.1, -0.05) is 76.2 Å². The first kappa shape index (κ1) is 28.5. The second-order valence-corrected chi connectivity index (χ2v) is 10.8. The number of hydrogen-bond donors (Lipinski definition) is 2. The highest BCUT2D eigenvalue weighted by atomic mass is 16.5. The van der Waals surface area contributed by atoms with Gasteiger partial charge in [0.05, 0.1) is 6.61 Å². The minimum atomic E-state index is -1.09. The third-order valence-corrected chi connectivity index (χ3v) is 6.58. The molecule has 1 unspecified atom stereocenters. The van der Waals surface area contributed by atoms with Crippen LogP contribution in [-0.4, -0.2) is 39.6 Å². The number of amides is 1. The van der Waals surface area contributed by atoms with Gasteiger partial charge < -0.3 is 15.2 Å². The zero-order valence-corrected chi connectivity index (χ0v) is 23.3. The number of carbonyl (C=O) groups is 2. The minimum absolute atomic E-state index is 0.0340. The molecule has 0 saturated carbocycles. The van der Waals surface area contributed by atoms with Gasteiger partial charge in [-0.15, -0.1) is 0 Å². The Balaban J connectivity index is 1.39. The van der Waals surface area contributed by atoms with E-state index in [4.69, 9.17) is 4.74 Å². The topological polar surface area (TPSA) is 101 Å². The molecule has 3 aromatic carbocycles. The van der Waals surface area contributed by atoms with Gasteiger partial charge in [0.1, 0.15) is 11.8 Å². The molecule has 0 saturated heterocycles. The zero-order chi connectivity index (χ0) is 28.7. The number of aromatic nitrogens is 2. The Labute approximate surface area is 235 Å². The van der Waals surface area contributed by atoms with Crippen LogP contribution in [0.5, 0.6) is 5.75 Å². The summed E-state index contributed by atoms with van der Waals surface area (Å²) in [6, 6.07) is 21.4. The third-order valence-electron chi connectivity index (χ3n) is 6.58.